The van der Waals surface area contributed by atoms with E-state index in [1.807, 2.05) is 18.2 Å². The minimum absolute atomic E-state index is 0.981. The first kappa shape index (κ1) is 8.53. The van der Waals surface area contributed by atoms with Crippen LogP contribution in [0.1, 0.15) is 5.56 Å². The van der Waals surface area contributed by atoms with E-state index < -0.39 is 0 Å². The van der Waals surface area contributed by atoms with Gasteiger partial charge in [0.05, 0.1) is 0 Å². The van der Waals surface area contributed by atoms with E-state index in [2.05, 4.69) is 41.8 Å². The van der Waals surface area contributed by atoms with Crippen LogP contribution in [0.3, 0.4) is 0 Å². The number of allylic oxidation sites excluding steroid dienone is 2. The molecule has 0 unspecified atom stereocenters. The molecular formula is C10H9I. The van der Waals surface area contributed by atoms with Crippen LogP contribution in [0.5, 0.6) is 0 Å². The highest BCUT2D eigenvalue weighted by atomic mass is 127. The molecule has 1 aromatic carbocycles. The van der Waals surface area contributed by atoms with Gasteiger partial charge < -0.3 is 0 Å². The Morgan fingerprint density at radius 3 is 2.55 bits per heavy atom. The van der Waals surface area contributed by atoms with Gasteiger partial charge in [-0.25, -0.2) is 0 Å². The lowest BCUT2D eigenvalue weighted by Gasteiger charge is -2.01. The summed E-state index contributed by atoms with van der Waals surface area (Å²) in [5.41, 5.74) is 2.15. The Balaban J connectivity index is 3.13. The van der Waals surface area contributed by atoms with Gasteiger partial charge in [-0.05, 0) is 39.8 Å². The fraction of sp³-hybridized carbons (Fsp3) is 0. The summed E-state index contributed by atoms with van der Waals surface area (Å²) in [6.07, 6.45) is 1.78. The summed E-state index contributed by atoms with van der Waals surface area (Å²) in [5.74, 6) is 0. The first-order valence-corrected chi connectivity index (χ1v) is 4.40. The molecule has 0 fully saturated rings. The summed E-state index contributed by atoms with van der Waals surface area (Å²) in [4.78, 5) is 0. The maximum atomic E-state index is 3.88. The van der Waals surface area contributed by atoms with E-state index in [0.29, 0.717) is 0 Å². The molecule has 11 heavy (non-hydrogen) atoms. The van der Waals surface area contributed by atoms with Crippen LogP contribution in [-0.4, -0.2) is 0 Å². The van der Waals surface area contributed by atoms with Crippen molar-refractivity contribution >= 4 is 28.2 Å². The van der Waals surface area contributed by atoms with Gasteiger partial charge in [0.2, 0.25) is 0 Å². The smallest absolute Gasteiger partial charge is 0.0208 e. The van der Waals surface area contributed by atoms with Crippen LogP contribution >= 0.6 is 22.6 Å². The molecule has 0 aliphatic heterocycles. The van der Waals surface area contributed by atoms with Gasteiger partial charge in [-0.3, -0.25) is 0 Å². The summed E-state index contributed by atoms with van der Waals surface area (Å²) < 4.78 is 1.22. The highest BCUT2D eigenvalue weighted by Crippen LogP contribution is 2.19. The number of hydrogen-bond acceptors (Lipinski definition) is 0. The van der Waals surface area contributed by atoms with Gasteiger partial charge >= 0.3 is 0 Å². The van der Waals surface area contributed by atoms with Crippen molar-refractivity contribution in [2.75, 3.05) is 0 Å². The molecule has 0 heterocycles. The number of halogens is 1. The first-order chi connectivity index (χ1) is 5.25. The normalized spacial score (nSPS) is 9.18. The second-order valence-electron chi connectivity index (χ2n) is 2.21. The molecule has 0 aliphatic carbocycles. The Kier molecular flexibility index (Phi) is 2.88. The molecule has 0 amide bonds. The molecule has 0 N–H and O–H groups in total. The van der Waals surface area contributed by atoms with Crippen molar-refractivity contribution in [3.8, 4) is 0 Å². The van der Waals surface area contributed by atoms with Crippen molar-refractivity contribution in [1.29, 1.82) is 0 Å². The minimum Gasteiger partial charge on any atom is -0.0985 e. The Labute approximate surface area is 80.8 Å². The lowest BCUT2D eigenvalue weighted by atomic mass is 10.1. The Morgan fingerprint density at radius 1 is 1.36 bits per heavy atom. The third-order valence-electron chi connectivity index (χ3n) is 1.47. The zero-order chi connectivity index (χ0) is 8.27. The summed E-state index contributed by atoms with van der Waals surface area (Å²) in [5, 5.41) is 0. The molecule has 1 heteroatoms. The van der Waals surface area contributed by atoms with Gasteiger partial charge in [0.25, 0.3) is 0 Å². The van der Waals surface area contributed by atoms with Crippen LogP contribution in [0.4, 0.5) is 0 Å². The zero-order valence-corrected chi connectivity index (χ0v) is 8.34. The predicted octanol–water partition coefficient (Wildman–Crippen LogP) is 3.49. The molecule has 0 radical (unpaired) electrons. The van der Waals surface area contributed by atoms with E-state index in [4.69, 9.17) is 0 Å². The first-order valence-electron chi connectivity index (χ1n) is 3.32. The standard InChI is InChI=1S/C10H9I/c1-3-8(2)9-6-4-5-7-10(9)11/h3-7H,1-2H2. The van der Waals surface area contributed by atoms with E-state index in [9.17, 15) is 0 Å². The highest BCUT2D eigenvalue weighted by molar-refractivity contribution is 14.1. The van der Waals surface area contributed by atoms with Crippen molar-refractivity contribution in [3.63, 3.8) is 0 Å². The molecule has 0 atom stereocenters. The Hall–Kier alpha value is -0.570. The van der Waals surface area contributed by atoms with Gasteiger partial charge in [-0.2, -0.15) is 0 Å². The van der Waals surface area contributed by atoms with Gasteiger partial charge in [0.15, 0.2) is 0 Å². The summed E-state index contributed by atoms with van der Waals surface area (Å²) in [6.45, 7) is 7.56. The fourth-order valence-electron chi connectivity index (χ4n) is 0.832. The number of hydrogen-bond donors (Lipinski definition) is 0. The van der Waals surface area contributed by atoms with Gasteiger partial charge in [-0.1, -0.05) is 37.4 Å². The lowest BCUT2D eigenvalue weighted by molar-refractivity contribution is 1.57. The fourth-order valence-corrected chi connectivity index (χ4v) is 1.57. The monoisotopic (exact) mass is 256 g/mol. The second-order valence-corrected chi connectivity index (χ2v) is 3.37. The van der Waals surface area contributed by atoms with E-state index in [-0.39, 0.29) is 0 Å². The van der Waals surface area contributed by atoms with Crippen LogP contribution < -0.4 is 0 Å². The summed E-state index contributed by atoms with van der Waals surface area (Å²) in [6, 6.07) is 8.13. The van der Waals surface area contributed by atoms with Crippen molar-refractivity contribution in [1.82, 2.24) is 0 Å². The number of rotatable bonds is 2. The third kappa shape index (κ3) is 1.93. The molecular weight excluding hydrogens is 247 g/mol. The molecule has 0 aliphatic rings. The molecule has 56 valence electrons. The van der Waals surface area contributed by atoms with Crippen LogP contribution in [0.2, 0.25) is 0 Å². The maximum absolute atomic E-state index is 3.88. The average Bonchev–Trinajstić information content (AvgIpc) is 2.04. The molecule has 0 saturated heterocycles. The molecule has 0 aromatic heterocycles. The SMILES string of the molecule is C=CC(=C)c1ccccc1I. The van der Waals surface area contributed by atoms with E-state index >= 15 is 0 Å². The molecule has 1 aromatic rings. The average molecular weight is 256 g/mol. The summed E-state index contributed by atoms with van der Waals surface area (Å²) in [7, 11) is 0. The van der Waals surface area contributed by atoms with Crippen molar-refractivity contribution in [3.05, 3.63) is 52.6 Å². The third-order valence-corrected chi connectivity index (χ3v) is 2.41. The van der Waals surface area contributed by atoms with Crippen LogP contribution in [0, 0.1) is 3.57 Å². The maximum Gasteiger partial charge on any atom is 0.0208 e. The van der Waals surface area contributed by atoms with Crippen molar-refractivity contribution < 1.29 is 0 Å². The van der Waals surface area contributed by atoms with Gasteiger partial charge in [-0.15, -0.1) is 0 Å². The molecule has 0 spiro atoms. The second kappa shape index (κ2) is 3.72. The Bertz CT molecular complexity index is 287. The molecule has 0 bridgehead atoms. The lowest BCUT2D eigenvalue weighted by Crippen LogP contribution is -1.82. The largest absolute Gasteiger partial charge is 0.0985 e. The molecule has 0 nitrogen and oxygen atoms in total. The van der Waals surface area contributed by atoms with E-state index in [1.54, 1.807) is 6.08 Å². The van der Waals surface area contributed by atoms with E-state index in [1.165, 1.54) is 9.13 Å². The predicted molar refractivity (Wildman–Crippen MR) is 58.4 cm³/mol. The Morgan fingerprint density at radius 2 is 2.00 bits per heavy atom. The quantitative estimate of drug-likeness (QED) is 0.561. The summed E-state index contributed by atoms with van der Waals surface area (Å²) >= 11 is 2.29. The van der Waals surface area contributed by atoms with Crippen molar-refractivity contribution in [2.24, 2.45) is 0 Å². The topological polar surface area (TPSA) is 0 Å². The van der Waals surface area contributed by atoms with Crippen molar-refractivity contribution in [2.45, 2.75) is 0 Å². The van der Waals surface area contributed by atoms with Crippen LogP contribution in [0.15, 0.2) is 43.5 Å². The zero-order valence-electron chi connectivity index (χ0n) is 6.18. The van der Waals surface area contributed by atoms with Crippen LogP contribution in [-0.2, 0) is 0 Å². The van der Waals surface area contributed by atoms with Gasteiger partial charge in [0.1, 0.15) is 0 Å². The van der Waals surface area contributed by atoms with E-state index in [0.717, 1.165) is 5.57 Å². The molecule has 1 rings (SSSR count). The molecule has 0 saturated carbocycles. The van der Waals surface area contributed by atoms with Crippen LogP contribution in [0.25, 0.3) is 5.57 Å². The number of benzene rings is 1. The minimum atomic E-state index is 0.981. The highest BCUT2D eigenvalue weighted by Gasteiger charge is 1.97. The van der Waals surface area contributed by atoms with Gasteiger partial charge in [0, 0.05) is 3.57 Å².